The van der Waals surface area contributed by atoms with E-state index in [4.69, 9.17) is 5.73 Å². The van der Waals surface area contributed by atoms with E-state index in [2.05, 4.69) is 32.7 Å². The molecule has 2 heterocycles. The monoisotopic (exact) mass is 269 g/mol. The van der Waals surface area contributed by atoms with Crippen LogP contribution in [0, 0.1) is 0 Å². The van der Waals surface area contributed by atoms with Crippen LogP contribution in [-0.4, -0.2) is 17.6 Å². The summed E-state index contributed by atoms with van der Waals surface area (Å²) in [5.74, 6) is 0. The lowest BCUT2D eigenvalue weighted by molar-refractivity contribution is 0.485. The molecular formula is C11H16BrN3. The van der Waals surface area contributed by atoms with Crippen molar-refractivity contribution < 1.29 is 0 Å². The molecule has 0 amide bonds. The highest BCUT2D eigenvalue weighted by molar-refractivity contribution is 9.10. The number of nitrogen functional groups attached to an aromatic ring is 1. The largest absolute Gasteiger partial charge is 0.396 e. The van der Waals surface area contributed by atoms with Gasteiger partial charge in [0, 0.05) is 12.6 Å². The van der Waals surface area contributed by atoms with Gasteiger partial charge in [0.05, 0.1) is 17.6 Å². The molecule has 2 rings (SSSR count). The molecule has 1 fully saturated rings. The van der Waals surface area contributed by atoms with Crippen LogP contribution in [0.1, 0.15) is 26.2 Å². The number of nitrogens with zero attached hydrogens (tertiary/aromatic N) is 2. The van der Waals surface area contributed by atoms with Crippen molar-refractivity contribution >= 4 is 27.3 Å². The molecule has 1 aromatic rings. The van der Waals surface area contributed by atoms with Crippen LogP contribution in [0.15, 0.2) is 16.9 Å². The zero-order chi connectivity index (χ0) is 10.8. The molecule has 1 aliphatic rings. The highest BCUT2D eigenvalue weighted by atomic mass is 79.9. The standard InChI is InChI=1S/C11H16BrN3/c1-8-4-2-3-5-15(8)10-6-11(12)14-7-9(10)13/h6-8H,2-5,13H2,1H3. The third kappa shape index (κ3) is 2.25. The van der Waals surface area contributed by atoms with Crippen molar-refractivity contribution in [3.05, 3.63) is 16.9 Å². The normalized spacial score (nSPS) is 21.7. The fourth-order valence-corrected chi connectivity index (χ4v) is 2.45. The molecule has 1 atom stereocenters. The number of piperidine rings is 1. The molecular weight excluding hydrogens is 254 g/mol. The first-order valence-corrected chi connectivity index (χ1v) is 6.15. The second kappa shape index (κ2) is 4.39. The number of hydrogen-bond acceptors (Lipinski definition) is 3. The van der Waals surface area contributed by atoms with E-state index in [1.807, 2.05) is 6.07 Å². The van der Waals surface area contributed by atoms with Crippen molar-refractivity contribution in [3.8, 4) is 0 Å². The van der Waals surface area contributed by atoms with Gasteiger partial charge in [0.1, 0.15) is 4.60 Å². The van der Waals surface area contributed by atoms with Gasteiger partial charge in [0.2, 0.25) is 0 Å². The summed E-state index contributed by atoms with van der Waals surface area (Å²) < 4.78 is 0.851. The number of hydrogen-bond donors (Lipinski definition) is 1. The van der Waals surface area contributed by atoms with E-state index in [1.54, 1.807) is 6.20 Å². The van der Waals surface area contributed by atoms with Gasteiger partial charge in [0.15, 0.2) is 0 Å². The molecule has 2 N–H and O–H groups in total. The highest BCUT2D eigenvalue weighted by Crippen LogP contribution is 2.30. The van der Waals surface area contributed by atoms with Gasteiger partial charge in [-0.2, -0.15) is 0 Å². The maximum Gasteiger partial charge on any atom is 0.108 e. The van der Waals surface area contributed by atoms with Gasteiger partial charge in [-0.25, -0.2) is 4.98 Å². The van der Waals surface area contributed by atoms with Gasteiger partial charge in [-0.3, -0.25) is 0 Å². The summed E-state index contributed by atoms with van der Waals surface area (Å²) in [7, 11) is 0. The first-order valence-electron chi connectivity index (χ1n) is 5.36. The molecule has 3 nitrogen and oxygen atoms in total. The van der Waals surface area contributed by atoms with Crippen molar-refractivity contribution in [1.82, 2.24) is 4.98 Å². The van der Waals surface area contributed by atoms with Gasteiger partial charge in [0.25, 0.3) is 0 Å². The van der Waals surface area contributed by atoms with Gasteiger partial charge in [-0.15, -0.1) is 0 Å². The molecule has 0 saturated carbocycles. The zero-order valence-corrected chi connectivity index (χ0v) is 10.5. The van der Waals surface area contributed by atoms with E-state index in [0.717, 1.165) is 22.5 Å². The lowest BCUT2D eigenvalue weighted by Gasteiger charge is -2.36. The van der Waals surface area contributed by atoms with Gasteiger partial charge >= 0.3 is 0 Å². The number of aromatic nitrogens is 1. The number of anilines is 2. The Balaban J connectivity index is 2.30. The van der Waals surface area contributed by atoms with E-state index >= 15 is 0 Å². The van der Waals surface area contributed by atoms with E-state index in [-0.39, 0.29) is 0 Å². The summed E-state index contributed by atoms with van der Waals surface area (Å²) >= 11 is 3.39. The molecule has 0 radical (unpaired) electrons. The van der Waals surface area contributed by atoms with E-state index in [0.29, 0.717) is 6.04 Å². The average Bonchev–Trinajstić information content (AvgIpc) is 2.23. The zero-order valence-electron chi connectivity index (χ0n) is 8.91. The Morgan fingerprint density at radius 2 is 2.33 bits per heavy atom. The van der Waals surface area contributed by atoms with Crippen LogP contribution in [0.5, 0.6) is 0 Å². The minimum Gasteiger partial charge on any atom is -0.396 e. The Bertz CT molecular complexity index is 354. The minimum atomic E-state index is 0.579. The molecule has 0 bridgehead atoms. The van der Waals surface area contributed by atoms with E-state index in [9.17, 15) is 0 Å². The van der Waals surface area contributed by atoms with Gasteiger partial charge < -0.3 is 10.6 Å². The maximum atomic E-state index is 5.96. The lowest BCUT2D eigenvalue weighted by Crippen LogP contribution is -2.37. The predicted octanol–water partition coefficient (Wildman–Crippen LogP) is 2.81. The van der Waals surface area contributed by atoms with Crippen LogP contribution in [0.2, 0.25) is 0 Å². The van der Waals surface area contributed by atoms with Gasteiger partial charge in [-0.1, -0.05) is 0 Å². The fourth-order valence-electron chi connectivity index (χ4n) is 2.14. The number of nitrogens with two attached hydrogens (primary N) is 1. The highest BCUT2D eigenvalue weighted by Gasteiger charge is 2.20. The quantitative estimate of drug-likeness (QED) is 0.798. The van der Waals surface area contributed by atoms with Crippen LogP contribution < -0.4 is 10.6 Å². The molecule has 1 saturated heterocycles. The maximum absolute atomic E-state index is 5.96. The fraction of sp³-hybridized carbons (Fsp3) is 0.545. The van der Waals surface area contributed by atoms with Crippen molar-refractivity contribution in [1.29, 1.82) is 0 Å². The smallest absolute Gasteiger partial charge is 0.108 e. The summed E-state index contributed by atoms with van der Waals surface area (Å²) in [6.07, 6.45) is 5.55. The molecule has 4 heteroatoms. The minimum absolute atomic E-state index is 0.579. The second-order valence-corrected chi connectivity index (χ2v) is 4.92. The SMILES string of the molecule is CC1CCCCN1c1cc(Br)ncc1N. The molecule has 1 aromatic heterocycles. The molecule has 1 unspecified atom stereocenters. The van der Waals surface area contributed by atoms with Crippen LogP contribution in [0.4, 0.5) is 11.4 Å². The van der Waals surface area contributed by atoms with Crippen molar-refractivity contribution in [2.45, 2.75) is 32.2 Å². The first-order chi connectivity index (χ1) is 7.18. The third-order valence-electron chi connectivity index (χ3n) is 2.99. The predicted molar refractivity (Wildman–Crippen MR) is 67.0 cm³/mol. The lowest BCUT2D eigenvalue weighted by atomic mass is 10.0. The topological polar surface area (TPSA) is 42.2 Å². The summed E-state index contributed by atoms with van der Waals surface area (Å²) in [4.78, 5) is 6.50. The number of rotatable bonds is 1. The van der Waals surface area contributed by atoms with Crippen LogP contribution in [0.25, 0.3) is 0 Å². The molecule has 0 spiro atoms. The van der Waals surface area contributed by atoms with E-state index in [1.165, 1.54) is 19.3 Å². The van der Waals surface area contributed by atoms with Crippen LogP contribution in [-0.2, 0) is 0 Å². The molecule has 15 heavy (non-hydrogen) atoms. The summed E-state index contributed by atoms with van der Waals surface area (Å²) in [6, 6.07) is 2.59. The van der Waals surface area contributed by atoms with Gasteiger partial charge in [-0.05, 0) is 48.2 Å². The third-order valence-corrected chi connectivity index (χ3v) is 3.42. The molecule has 82 valence electrons. The molecule has 1 aliphatic heterocycles. The summed E-state index contributed by atoms with van der Waals surface area (Å²) in [5.41, 5.74) is 7.84. The Kier molecular flexibility index (Phi) is 3.14. The molecule has 0 aliphatic carbocycles. The van der Waals surface area contributed by atoms with Crippen molar-refractivity contribution in [2.24, 2.45) is 0 Å². The van der Waals surface area contributed by atoms with Crippen LogP contribution in [0.3, 0.4) is 0 Å². The van der Waals surface area contributed by atoms with Crippen molar-refractivity contribution in [3.63, 3.8) is 0 Å². The number of halogens is 1. The average molecular weight is 270 g/mol. The van der Waals surface area contributed by atoms with E-state index < -0.39 is 0 Å². The van der Waals surface area contributed by atoms with Crippen molar-refractivity contribution in [2.75, 3.05) is 17.2 Å². The Labute approximate surface area is 98.8 Å². The number of pyridine rings is 1. The summed E-state index contributed by atoms with van der Waals surface area (Å²) in [5, 5.41) is 0. The Hall–Kier alpha value is -0.770. The first kappa shape index (κ1) is 10.7. The van der Waals surface area contributed by atoms with Crippen LogP contribution >= 0.6 is 15.9 Å². The second-order valence-electron chi connectivity index (χ2n) is 4.10. The Morgan fingerprint density at radius 3 is 3.07 bits per heavy atom. The summed E-state index contributed by atoms with van der Waals surface area (Å²) in [6.45, 7) is 3.36. The molecule has 0 aromatic carbocycles. The Morgan fingerprint density at radius 1 is 1.53 bits per heavy atom.